The number of amides is 2. The molecule has 0 aromatic carbocycles. The van der Waals surface area contributed by atoms with E-state index in [1.807, 2.05) is 12.1 Å². The minimum absolute atomic E-state index is 0.0467. The molecule has 2 heterocycles. The Hall–Kier alpha value is -1.08. The van der Waals surface area contributed by atoms with Gasteiger partial charge in [-0.2, -0.15) is 0 Å². The maximum atomic E-state index is 11.7. The van der Waals surface area contributed by atoms with Crippen LogP contribution in [0.1, 0.15) is 18.2 Å². The van der Waals surface area contributed by atoms with Crippen molar-refractivity contribution in [3.8, 4) is 0 Å². The average molecular weight is 288 g/mol. The van der Waals surface area contributed by atoms with E-state index >= 15 is 0 Å². The number of rotatable bonds is 3. The van der Waals surface area contributed by atoms with Gasteiger partial charge in [-0.3, -0.25) is 5.32 Å². The van der Waals surface area contributed by atoms with E-state index in [2.05, 4.69) is 17.6 Å². The van der Waals surface area contributed by atoms with Crippen LogP contribution >= 0.6 is 11.3 Å². The van der Waals surface area contributed by atoms with Gasteiger partial charge in [-0.1, -0.05) is 6.92 Å². The summed E-state index contributed by atoms with van der Waals surface area (Å²) in [4.78, 5) is 12.9. The van der Waals surface area contributed by atoms with Gasteiger partial charge < -0.3 is 5.32 Å². The van der Waals surface area contributed by atoms with Crippen molar-refractivity contribution < 1.29 is 13.2 Å². The first kappa shape index (κ1) is 13.4. The molecule has 0 saturated carbocycles. The third-order valence-corrected chi connectivity index (χ3v) is 5.73. The van der Waals surface area contributed by atoms with Crippen LogP contribution in [0.2, 0.25) is 0 Å². The summed E-state index contributed by atoms with van der Waals surface area (Å²) < 4.78 is 22.5. The molecule has 100 valence electrons. The Labute approximate surface area is 111 Å². The summed E-state index contributed by atoms with van der Waals surface area (Å²) in [6.07, 6.45) is 1.44. The normalized spacial score (nSPS) is 21.7. The van der Waals surface area contributed by atoms with Gasteiger partial charge in [0.2, 0.25) is 0 Å². The summed E-state index contributed by atoms with van der Waals surface area (Å²) in [6, 6.07) is 3.23. The summed E-state index contributed by atoms with van der Waals surface area (Å²) in [5, 5.41) is 6.19. The molecule has 1 aromatic heterocycles. The van der Waals surface area contributed by atoms with Gasteiger partial charge in [0.25, 0.3) is 0 Å². The predicted molar refractivity (Wildman–Crippen MR) is 72.9 cm³/mol. The SMILES string of the molecule is CCc1ccc(NC(=O)N[C@H]2CCS(=O)(=O)C2)s1. The molecule has 1 aromatic rings. The van der Waals surface area contributed by atoms with E-state index in [0.29, 0.717) is 6.42 Å². The van der Waals surface area contributed by atoms with Crippen molar-refractivity contribution in [3.63, 3.8) is 0 Å². The van der Waals surface area contributed by atoms with Gasteiger partial charge in [0.1, 0.15) is 0 Å². The lowest BCUT2D eigenvalue weighted by molar-refractivity contribution is 0.249. The topological polar surface area (TPSA) is 75.3 Å². The van der Waals surface area contributed by atoms with Crippen molar-refractivity contribution in [2.24, 2.45) is 0 Å². The minimum atomic E-state index is -2.95. The summed E-state index contributed by atoms with van der Waals surface area (Å²) in [5.74, 6) is 0.210. The zero-order chi connectivity index (χ0) is 13.2. The highest BCUT2D eigenvalue weighted by Gasteiger charge is 2.28. The Morgan fingerprint density at radius 3 is 2.83 bits per heavy atom. The van der Waals surface area contributed by atoms with Gasteiger partial charge in [-0.05, 0) is 25.0 Å². The lowest BCUT2D eigenvalue weighted by atomic mass is 10.3. The first-order chi connectivity index (χ1) is 8.48. The number of sulfone groups is 1. The lowest BCUT2D eigenvalue weighted by Gasteiger charge is -2.10. The predicted octanol–water partition coefficient (Wildman–Crippen LogP) is 1.62. The van der Waals surface area contributed by atoms with Crippen LogP contribution in [0.3, 0.4) is 0 Å². The molecule has 1 fully saturated rings. The fourth-order valence-electron chi connectivity index (χ4n) is 1.88. The quantitative estimate of drug-likeness (QED) is 0.887. The number of urea groups is 1. The zero-order valence-electron chi connectivity index (χ0n) is 10.1. The molecule has 1 aliphatic heterocycles. The van der Waals surface area contributed by atoms with Crippen LogP contribution in [0.15, 0.2) is 12.1 Å². The Morgan fingerprint density at radius 2 is 2.28 bits per heavy atom. The average Bonchev–Trinajstić information content (AvgIpc) is 2.85. The Morgan fingerprint density at radius 1 is 1.50 bits per heavy atom. The highest BCUT2D eigenvalue weighted by Crippen LogP contribution is 2.22. The monoisotopic (exact) mass is 288 g/mol. The molecule has 0 aliphatic carbocycles. The van der Waals surface area contributed by atoms with Crippen LogP contribution in [0.25, 0.3) is 0 Å². The summed E-state index contributed by atoms with van der Waals surface area (Å²) in [7, 11) is -2.95. The van der Waals surface area contributed by atoms with Crippen molar-refractivity contribution in [3.05, 3.63) is 17.0 Å². The number of carbonyl (C=O) groups is 1. The molecule has 0 unspecified atom stereocenters. The van der Waals surface area contributed by atoms with Gasteiger partial charge in [0.05, 0.1) is 16.5 Å². The minimum Gasteiger partial charge on any atom is -0.334 e. The Kier molecular flexibility index (Phi) is 3.91. The molecule has 7 heteroatoms. The highest BCUT2D eigenvalue weighted by molar-refractivity contribution is 7.91. The molecular formula is C11H16N2O3S2. The smallest absolute Gasteiger partial charge is 0.320 e. The number of anilines is 1. The van der Waals surface area contributed by atoms with Crippen LogP contribution in [0.4, 0.5) is 9.80 Å². The molecule has 1 aliphatic rings. The molecule has 18 heavy (non-hydrogen) atoms. The van der Waals surface area contributed by atoms with Crippen LogP contribution in [0.5, 0.6) is 0 Å². The van der Waals surface area contributed by atoms with Crippen LogP contribution < -0.4 is 10.6 Å². The van der Waals surface area contributed by atoms with Crippen molar-refractivity contribution in [2.75, 3.05) is 16.8 Å². The summed E-state index contributed by atoms with van der Waals surface area (Å²) in [6.45, 7) is 2.05. The van der Waals surface area contributed by atoms with E-state index < -0.39 is 9.84 Å². The van der Waals surface area contributed by atoms with E-state index in [0.717, 1.165) is 11.4 Å². The highest BCUT2D eigenvalue weighted by atomic mass is 32.2. The van der Waals surface area contributed by atoms with Gasteiger partial charge in [0, 0.05) is 10.9 Å². The van der Waals surface area contributed by atoms with Gasteiger partial charge >= 0.3 is 6.03 Å². The Bertz CT molecular complexity index is 536. The number of aryl methyl sites for hydroxylation is 1. The number of nitrogens with one attached hydrogen (secondary N) is 2. The Balaban J connectivity index is 1.86. The van der Waals surface area contributed by atoms with Crippen LogP contribution in [-0.4, -0.2) is 32.0 Å². The standard InChI is InChI=1S/C11H16N2O3S2/c1-2-9-3-4-10(17-9)13-11(14)12-8-5-6-18(15,16)7-8/h3-4,8H,2,5-7H2,1H3,(H2,12,13,14)/t8-/m0/s1. The second kappa shape index (κ2) is 5.27. The molecule has 5 nitrogen and oxygen atoms in total. The lowest BCUT2D eigenvalue weighted by Crippen LogP contribution is -2.38. The van der Waals surface area contributed by atoms with Gasteiger partial charge in [0.15, 0.2) is 9.84 Å². The van der Waals surface area contributed by atoms with Crippen LogP contribution in [0, 0.1) is 0 Å². The van der Waals surface area contributed by atoms with E-state index in [1.165, 1.54) is 16.2 Å². The number of hydrogen-bond donors (Lipinski definition) is 2. The molecule has 2 amide bonds. The third kappa shape index (κ3) is 3.46. The second-order valence-corrected chi connectivity index (χ2v) is 7.71. The van der Waals surface area contributed by atoms with Crippen molar-refractivity contribution in [1.29, 1.82) is 0 Å². The molecule has 1 atom stereocenters. The maximum absolute atomic E-state index is 11.7. The molecular weight excluding hydrogens is 272 g/mol. The number of thiophene rings is 1. The van der Waals surface area contributed by atoms with Gasteiger partial charge in [-0.15, -0.1) is 11.3 Å². The fraction of sp³-hybridized carbons (Fsp3) is 0.545. The molecule has 0 radical (unpaired) electrons. The van der Waals surface area contributed by atoms with E-state index in [1.54, 1.807) is 0 Å². The van der Waals surface area contributed by atoms with Crippen molar-refractivity contribution in [1.82, 2.24) is 5.32 Å². The number of carbonyl (C=O) groups excluding carboxylic acids is 1. The third-order valence-electron chi connectivity index (χ3n) is 2.81. The first-order valence-corrected chi connectivity index (χ1v) is 8.49. The second-order valence-electron chi connectivity index (χ2n) is 4.32. The first-order valence-electron chi connectivity index (χ1n) is 5.85. The largest absolute Gasteiger partial charge is 0.334 e. The molecule has 0 spiro atoms. The van der Waals surface area contributed by atoms with E-state index in [4.69, 9.17) is 0 Å². The van der Waals surface area contributed by atoms with Crippen LogP contribution in [-0.2, 0) is 16.3 Å². The van der Waals surface area contributed by atoms with E-state index in [-0.39, 0.29) is 23.6 Å². The van der Waals surface area contributed by atoms with Crippen molar-refractivity contribution in [2.45, 2.75) is 25.8 Å². The van der Waals surface area contributed by atoms with E-state index in [9.17, 15) is 13.2 Å². The molecule has 2 N–H and O–H groups in total. The van der Waals surface area contributed by atoms with Crippen molar-refractivity contribution >= 4 is 32.2 Å². The molecule has 0 bridgehead atoms. The zero-order valence-corrected chi connectivity index (χ0v) is 11.7. The van der Waals surface area contributed by atoms with Gasteiger partial charge in [-0.25, -0.2) is 13.2 Å². The summed E-state index contributed by atoms with van der Waals surface area (Å²) >= 11 is 1.53. The number of hydrogen-bond acceptors (Lipinski definition) is 4. The fourth-order valence-corrected chi connectivity index (χ4v) is 4.39. The maximum Gasteiger partial charge on any atom is 0.320 e. The molecule has 2 rings (SSSR count). The molecule has 1 saturated heterocycles. The summed E-state index contributed by atoms with van der Waals surface area (Å²) in [5.41, 5.74) is 0.